The lowest BCUT2D eigenvalue weighted by Crippen LogP contribution is -2.41. The van der Waals surface area contributed by atoms with E-state index in [2.05, 4.69) is 23.9 Å². The van der Waals surface area contributed by atoms with E-state index < -0.39 is 0 Å². The van der Waals surface area contributed by atoms with E-state index in [1.807, 2.05) is 0 Å². The smallest absolute Gasteiger partial charge is 0.0992 e. The fourth-order valence-electron chi connectivity index (χ4n) is 2.36. The molecule has 0 aromatic rings. The first-order chi connectivity index (χ1) is 6.68. The third kappa shape index (κ3) is 2.08. The molecule has 2 aliphatic rings. The van der Waals surface area contributed by atoms with Crippen LogP contribution in [0, 0.1) is 11.3 Å². The highest BCUT2D eigenvalue weighted by atomic mass is 15.2. The van der Waals surface area contributed by atoms with Gasteiger partial charge in [-0.15, -0.1) is 0 Å². The topological polar surface area (TPSA) is 30.3 Å². The van der Waals surface area contributed by atoms with Crippen LogP contribution in [0.3, 0.4) is 0 Å². The Morgan fingerprint density at radius 1 is 1.36 bits per heavy atom. The predicted octanol–water partition coefficient (Wildman–Crippen LogP) is 1.40. The van der Waals surface area contributed by atoms with Gasteiger partial charge < -0.3 is 9.80 Å². The summed E-state index contributed by atoms with van der Waals surface area (Å²) >= 11 is 0. The van der Waals surface area contributed by atoms with E-state index >= 15 is 0 Å². The van der Waals surface area contributed by atoms with Gasteiger partial charge in [0, 0.05) is 25.0 Å². The molecule has 1 N–H and O–H groups in total. The molecule has 0 spiro atoms. The van der Waals surface area contributed by atoms with Gasteiger partial charge in [-0.05, 0) is 39.8 Å². The quantitative estimate of drug-likeness (QED) is 0.545. The molecule has 80 valence electrons. The van der Waals surface area contributed by atoms with E-state index in [0.717, 1.165) is 18.9 Å². The molecule has 0 amide bonds. The maximum absolute atomic E-state index is 8.09. The lowest BCUT2D eigenvalue weighted by Gasteiger charge is -2.29. The van der Waals surface area contributed by atoms with Gasteiger partial charge in [0.15, 0.2) is 0 Å². The highest BCUT2D eigenvalue weighted by Gasteiger charge is 2.35. The van der Waals surface area contributed by atoms with E-state index in [1.54, 1.807) is 0 Å². The van der Waals surface area contributed by atoms with Crippen molar-refractivity contribution in [2.75, 3.05) is 27.2 Å². The van der Waals surface area contributed by atoms with Crippen molar-refractivity contribution in [1.82, 2.24) is 9.80 Å². The monoisotopic (exact) mass is 195 g/mol. The van der Waals surface area contributed by atoms with Crippen LogP contribution in [-0.2, 0) is 0 Å². The summed E-state index contributed by atoms with van der Waals surface area (Å²) in [6, 6.07) is 0.609. The Kier molecular flexibility index (Phi) is 2.77. The number of rotatable bonds is 3. The van der Waals surface area contributed by atoms with E-state index in [0.29, 0.717) is 12.0 Å². The van der Waals surface area contributed by atoms with Crippen molar-refractivity contribution in [1.29, 1.82) is 5.41 Å². The van der Waals surface area contributed by atoms with Crippen molar-refractivity contribution >= 4 is 5.84 Å². The van der Waals surface area contributed by atoms with Crippen LogP contribution < -0.4 is 0 Å². The second-order valence-electron chi connectivity index (χ2n) is 4.91. The zero-order valence-electron chi connectivity index (χ0n) is 9.29. The maximum atomic E-state index is 8.09. The Morgan fingerprint density at radius 2 is 2.07 bits per heavy atom. The summed E-state index contributed by atoms with van der Waals surface area (Å²) in [5, 5.41) is 8.09. The van der Waals surface area contributed by atoms with Crippen LogP contribution in [0.5, 0.6) is 0 Å². The van der Waals surface area contributed by atoms with Crippen molar-refractivity contribution < 1.29 is 0 Å². The minimum Gasteiger partial charge on any atom is -0.356 e. The Morgan fingerprint density at radius 3 is 2.64 bits per heavy atom. The second kappa shape index (κ2) is 3.89. The number of nitrogens with one attached hydrogen (secondary N) is 1. The number of nitrogens with zero attached hydrogens (tertiary/aromatic N) is 2. The molecule has 1 atom stereocenters. The molecule has 1 aliphatic carbocycles. The van der Waals surface area contributed by atoms with Crippen molar-refractivity contribution in [2.45, 2.75) is 31.7 Å². The average molecular weight is 195 g/mol. The number of amidine groups is 1. The Hall–Kier alpha value is -0.570. The molecule has 1 heterocycles. The molecule has 1 unspecified atom stereocenters. The Labute approximate surface area is 86.6 Å². The van der Waals surface area contributed by atoms with Gasteiger partial charge in [0.25, 0.3) is 0 Å². The number of hydrogen-bond acceptors (Lipinski definition) is 2. The van der Waals surface area contributed by atoms with Gasteiger partial charge in [-0.25, -0.2) is 0 Å². The standard InChI is InChI=1S/C11H21N3/c1-13(2)8-10-4-3-7-14(10)11(12)9-5-6-9/h9-10,12H,3-8H2,1-2H3. The third-order valence-electron chi connectivity index (χ3n) is 3.23. The zero-order valence-corrected chi connectivity index (χ0v) is 9.29. The van der Waals surface area contributed by atoms with Gasteiger partial charge in [0.2, 0.25) is 0 Å². The van der Waals surface area contributed by atoms with E-state index in [4.69, 9.17) is 5.41 Å². The molecule has 1 saturated carbocycles. The Bertz CT molecular complexity index is 221. The molecule has 3 heteroatoms. The minimum atomic E-state index is 0.609. The highest BCUT2D eigenvalue weighted by molar-refractivity contribution is 5.84. The lowest BCUT2D eigenvalue weighted by molar-refractivity contribution is 0.281. The zero-order chi connectivity index (χ0) is 10.1. The summed E-state index contributed by atoms with van der Waals surface area (Å²) in [7, 11) is 4.24. The van der Waals surface area contributed by atoms with Crippen LogP contribution in [-0.4, -0.2) is 48.9 Å². The molecule has 0 radical (unpaired) electrons. The Balaban J connectivity index is 1.92. The minimum absolute atomic E-state index is 0.609. The molecular formula is C11H21N3. The van der Waals surface area contributed by atoms with Crippen LogP contribution in [0.25, 0.3) is 0 Å². The van der Waals surface area contributed by atoms with E-state index in [9.17, 15) is 0 Å². The van der Waals surface area contributed by atoms with Crippen molar-refractivity contribution in [3.8, 4) is 0 Å². The largest absolute Gasteiger partial charge is 0.356 e. The summed E-state index contributed by atoms with van der Waals surface area (Å²) in [6.45, 7) is 2.23. The van der Waals surface area contributed by atoms with Gasteiger partial charge >= 0.3 is 0 Å². The molecule has 0 aromatic heterocycles. The summed E-state index contributed by atoms with van der Waals surface area (Å²) in [5.74, 6) is 1.53. The number of likely N-dealkylation sites (N-methyl/N-ethyl adjacent to an activating group) is 1. The maximum Gasteiger partial charge on any atom is 0.0992 e. The van der Waals surface area contributed by atoms with Crippen LogP contribution in [0.4, 0.5) is 0 Å². The van der Waals surface area contributed by atoms with E-state index in [1.165, 1.54) is 25.7 Å². The van der Waals surface area contributed by atoms with Gasteiger partial charge in [-0.1, -0.05) is 0 Å². The van der Waals surface area contributed by atoms with Crippen molar-refractivity contribution in [2.24, 2.45) is 5.92 Å². The highest BCUT2D eigenvalue weighted by Crippen LogP contribution is 2.33. The fraction of sp³-hybridized carbons (Fsp3) is 0.909. The fourth-order valence-corrected chi connectivity index (χ4v) is 2.36. The van der Waals surface area contributed by atoms with Gasteiger partial charge in [0.1, 0.15) is 0 Å². The molecule has 14 heavy (non-hydrogen) atoms. The summed E-state index contributed by atoms with van der Waals surface area (Å²) in [6.07, 6.45) is 5.05. The lowest BCUT2D eigenvalue weighted by atomic mass is 10.2. The third-order valence-corrected chi connectivity index (χ3v) is 3.23. The van der Waals surface area contributed by atoms with E-state index in [-0.39, 0.29) is 0 Å². The van der Waals surface area contributed by atoms with Crippen LogP contribution in [0.15, 0.2) is 0 Å². The molecule has 0 aromatic carbocycles. The normalized spacial score (nSPS) is 27.4. The van der Waals surface area contributed by atoms with Gasteiger partial charge in [-0.2, -0.15) is 0 Å². The number of likely N-dealkylation sites (tertiary alicyclic amines) is 1. The molecule has 1 saturated heterocycles. The van der Waals surface area contributed by atoms with Gasteiger partial charge in [0.05, 0.1) is 5.84 Å². The van der Waals surface area contributed by atoms with Gasteiger partial charge in [-0.3, -0.25) is 5.41 Å². The van der Waals surface area contributed by atoms with Crippen molar-refractivity contribution in [3.05, 3.63) is 0 Å². The van der Waals surface area contributed by atoms with Crippen molar-refractivity contribution in [3.63, 3.8) is 0 Å². The molecule has 1 aliphatic heterocycles. The molecule has 3 nitrogen and oxygen atoms in total. The average Bonchev–Trinajstić information content (AvgIpc) is 2.86. The molecule has 2 fully saturated rings. The summed E-state index contributed by atoms with van der Waals surface area (Å²) in [4.78, 5) is 4.58. The molecule has 0 bridgehead atoms. The summed E-state index contributed by atoms with van der Waals surface area (Å²) in [5.41, 5.74) is 0. The second-order valence-corrected chi connectivity index (χ2v) is 4.91. The molecule has 2 rings (SSSR count). The van der Waals surface area contributed by atoms with Crippen LogP contribution >= 0.6 is 0 Å². The predicted molar refractivity (Wildman–Crippen MR) is 58.7 cm³/mol. The summed E-state index contributed by atoms with van der Waals surface area (Å²) < 4.78 is 0. The molecular weight excluding hydrogens is 174 g/mol. The number of hydrogen-bond donors (Lipinski definition) is 1. The first-order valence-electron chi connectivity index (χ1n) is 5.68. The SMILES string of the molecule is CN(C)CC1CCCN1C(=N)C1CC1. The first-order valence-corrected chi connectivity index (χ1v) is 5.68. The van der Waals surface area contributed by atoms with Crippen LogP contribution in [0.2, 0.25) is 0 Å². The first kappa shape index (κ1) is 9.97. The van der Waals surface area contributed by atoms with Crippen LogP contribution in [0.1, 0.15) is 25.7 Å².